The fourth-order valence-electron chi connectivity index (χ4n) is 1.78. The third-order valence-electron chi connectivity index (χ3n) is 2.73. The lowest BCUT2D eigenvalue weighted by Gasteiger charge is -2.28. The fourth-order valence-corrected chi connectivity index (χ4v) is 1.78. The van der Waals surface area contributed by atoms with Gasteiger partial charge in [-0.25, -0.2) is 13.8 Å². The Morgan fingerprint density at radius 3 is 2.61 bits per heavy atom. The molecule has 2 aromatic rings. The molecule has 0 bridgehead atoms. The number of H-pyrrole nitrogens is 1. The molecule has 5 heteroatoms. The molecular formula is C13H15F2N3. The quantitative estimate of drug-likeness (QED) is 0.905. The van der Waals surface area contributed by atoms with Gasteiger partial charge < -0.3 is 9.88 Å². The number of hydrogen-bond donors (Lipinski definition) is 1. The van der Waals surface area contributed by atoms with Gasteiger partial charge in [-0.2, -0.15) is 0 Å². The number of nitrogens with one attached hydrogen (secondary N) is 1. The molecule has 0 aliphatic rings. The first-order chi connectivity index (χ1) is 8.58. The second-order valence-corrected chi connectivity index (χ2v) is 4.36. The molecule has 0 spiro atoms. The molecule has 0 aliphatic heterocycles. The van der Waals surface area contributed by atoms with E-state index in [4.69, 9.17) is 0 Å². The molecule has 0 saturated carbocycles. The predicted octanol–water partition coefficient (Wildman–Crippen LogP) is 3.10. The van der Waals surface area contributed by atoms with Gasteiger partial charge in [0, 0.05) is 30.2 Å². The standard InChI is InChI=1S/C13H15F2N3/c1-9(2)18(8-13-16-5-6-17-13)10-3-4-11(14)12(15)7-10/h3-7,9H,8H2,1-2H3,(H,16,17). The topological polar surface area (TPSA) is 31.9 Å². The Balaban J connectivity index is 2.26. The van der Waals surface area contributed by atoms with Gasteiger partial charge in [0.05, 0.1) is 6.54 Å². The number of nitrogens with zero attached hydrogens (tertiary/aromatic N) is 2. The van der Waals surface area contributed by atoms with Crippen LogP contribution in [0.4, 0.5) is 14.5 Å². The first-order valence-electron chi connectivity index (χ1n) is 5.78. The van der Waals surface area contributed by atoms with Crippen molar-refractivity contribution in [3.05, 3.63) is 48.1 Å². The number of halogens is 2. The van der Waals surface area contributed by atoms with Crippen LogP contribution in [0.5, 0.6) is 0 Å². The van der Waals surface area contributed by atoms with Crippen LogP contribution in [-0.4, -0.2) is 16.0 Å². The fraction of sp³-hybridized carbons (Fsp3) is 0.308. The number of rotatable bonds is 4. The van der Waals surface area contributed by atoms with Crippen molar-refractivity contribution in [1.29, 1.82) is 0 Å². The first kappa shape index (κ1) is 12.5. The molecule has 96 valence electrons. The van der Waals surface area contributed by atoms with Crippen molar-refractivity contribution in [1.82, 2.24) is 9.97 Å². The number of aromatic nitrogens is 2. The summed E-state index contributed by atoms with van der Waals surface area (Å²) in [6, 6.07) is 4.07. The molecule has 18 heavy (non-hydrogen) atoms. The van der Waals surface area contributed by atoms with Gasteiger partial charge in [0.1, 0.15) is 5.82 Å². The highest BCUT2D eigenvalue weighted by Crippen LogP contribution is 2.21. The van der Waals surface area contributed by atoms with Gasteiger partial charge in [-0.15, -0.1) is 0 Å². The summed E-state index contributed by atoms with van der Waals surface area (Å²) in [7, 11) is 0. The van der Waals surface area contributed by atoms with Crippen molar-refractivity contribution in [2.45, 2.75) is 26.4 Å². The predicted molar refractivity (Wildman–Crippen MR) is 66.3 cm³/mol. The highest BCUT2D eigenvalue weighted by molar-refractivity contribution is 5.47. The van der Waals surface area contributed by atoms with E-state index >= 15 is 0 Å². The summed E-state index contributed by atoms with van der Waals surface area (Å²) in [5.41, 5.74) is 0.639. The van der Waals surface area contributed by atoms with Crippen LogP contribution < -0.4 is 4.90 Å². The molecule has 0 aliphatic carbocycles. The van der Waals surface area contributed by atoms with Crippen molar-refractivity contribution in [2.75, 3.05) is 4.90 Å². The van der Waals surface area contributed by atoms with E-state index in [1.54, 1.807) is 18.5 Å². The smallest absolute Gasteiger partial charge is 0.160 e. The van der Waals surface area contributed by atoms with Gasteiger partial charge in [-0.3, -0.25) is 0 Å². The summed E-state index contributed by atoms with van der Waals surface area (Å²) in [5.74, 6) is -0.883. The van der Waals surface area contributed by atoms with Crippen LogP contribution in [0.25, 0.3) is 0 Å². The average Bonchev–Trinajstić information content (AvgIpc) is 2.82. The van der Waals surface area contributed by atoms with Gasteiger partial charge in [0.25, 0.3) is 0 Å². The molecular weight excluding hydrogens is 236 g/mol. The van der Waals surface area contributed by atoms with E-state index in [-0.39, 0.29) is 6.04 Å². The van der Waals surface area contributed by atoms with Crippen LogP contribution in [0.2, 0.25) is 0 Å². The second-order valence-electron chi connectivity index (χ2n) is 4.36. The minimum absolute atomic E-state index is 0.153. The Bertz CT molecular complexity index is 509. The van der Waals surface area contributed by atoms with Crippen molar-refractivity contribution >= 4 is 5.69 Å². The SMILES string of the molecule is CC(C)N(Cc1ncc[nH]1)c1ccc(F)c(F)c1. The number of imidazole rings is 1. The Morgan fingerprint density at radius 2 is 2.06 bits per heavy atom. The molecule has 0 radical (unpaired) electrons. The molecule has 0 saturated heterocycles. The van der Waals surface area contributed by atoms with Gasteiger partial charge >= 0.3 is 0 Å². The van der Waals surface area contributed by atoms with Crippen LogP contribution in [0, 0.1) is 11.6 Å². The summed E-state index contributed by atoms with van der Waals surface area (Å²) < 4.78 is 26.2. The third-order valence-corrected chi connectivity index (χ3v) is 2.73. The summed E-state index contributed by atoms with van der Waals surface area (Å²) >= 11 is 0. The van der Waals surface area contributed by atoms with Crippen molar-refractivity contribution < 1.29 is 8.78 Å². The zero-order valence-corrected chi connectivity index (χ0v) is 10.3. The maximum atomic E-state index is 13.3. The summed E-state index contributed by atoms with van der Waals surface area (Å²) in [4.78, 5) is 9.08. The molecule has 0 atom stereocenters. The van der Waals surface area contributed by atoms with Crippen molar-refractivity contribution in [2.24, 2.45) is 0 Å². The zero-order valence-electron chi connectivity index (χ0n) is 10.3. The van der Waals surface area contributed by atoms with Crippen LogP contribution >= 0.6 is 0 Å². The lowest BCUT2D eigenvalue weighted by molar-refractivity contribution is 0.507. The number of anilines is 1. The van der Waals surface area contributed by atoms with Crippen molar-refractivity contribution in [3.63, 3.8) is 0 Å². The molecule has 1 aromatic heterocycles. The van der Waals surface area contributed by atoms with E-state index in [0.717, 1.165) is 11.9 Å². The van der Waals surface area contributed by atoms with Crippen molar-refractivity contribution in [3.8, 4) is 0 Å². The number of benzene rings is 1. The van der Waals surface area contributed by atoms with Crippen LogP contribution in [-0.2, 0) is 6.54 Å². The monoisotopic (exact) mass is 251 g/mol. The molecule has 0 fully saturated rings. The molecule has 1 aromatic carbocycles. The molecule has 1 heterocycles. The van der Waals surface area contributed by atoms with Gasteiger partial charge in [0.15, 0.2) is 11.6 Å². The minimum atomic E-state index is -0.836. The lowest BCUT2D eigenvalue weighted by atomic mass is 10.2. The molecule has 1 N–H and O–H groups in total. The molecule has 2 rings (SSSR count). The Hall–Kier alpha value is -1.91. The van der Waals surface area contributed by atoms with E-state index in [9.17, 15) is 8.78 Å². The van der Waals surface area contributed by atoms with Gasteiger partial charge in [0.2, 0.25) is 0 Å². The zero-order chi connectivity index (χ0) is 13.1. The van der Waals surface area contributed by atoms with E-state index in [1.807, 2.05) is 18.7 Å². The maximum Gasteiger partial charge on any atom is 0.160 e. The number of hydrogen-bond acceptors (Lipinski definition) is 2. The Kier molecular flexibility index (Phi) is 3.60. The lowest BCUT2D eigenvalue weighted by Crippen LogP contribution is -2.30. The third kappa shape index (κ3) is 2.67. The van der Waals surface area contributed by atoms with E-state index in [2.05, 4.69) is 9.97 Å². The van der Waals surface area contributed by atoms with Gasteiger partial charge in [-0.05, 0) is 26.0 Å². The molecule has 0 amide bonds. The largest absolute Gasteiger partial charge is 0.362 e. The molecule has 3 nitrogen and oxygen atoms in total. The summed E-state index contributed by atoms with van der Waals surface area (Å²) in [6.07, 6.45) is 3.40. The maximum absolute atomic E-state index is 13.3. The summed E-state index contributed by atoms with van der Waals surface area (Å²) in [5, 5.41) is 0. The second kappa shape index (κ2) is 5.16. The van der Waals surface area contributed by atoms with Crippen LogP contribution in [0.15, 0.2) is 30.6 Å². The minimum Gasteiger partial charge on any atom is -0.362 e. The van der Waals surface area contributed by atoms with Crippen LogP contribution in [0.3, 0.4) is 0 Å². The number of aromatic amines is 1. The van der Waals surface area contributed by atoms with E-state index in [0.29, 0.717) is 12.2 Å². The highest BCUT2D eigenvalue weighted by atomic mass is 19.2. The van der Waals surface area contributed by atoms with Gasteiger partial charge in [-0.1, -0.05) is 0 Å². The normalized spacial score (nSPS) is 10.9. The molecule has 0 unspecified atom stereocenters. The Labute approximate surface area is 104 Å². The Morgan fingerprint density at radius 1 is 1.28 bits per heavy atom. The average molecular weight is 251 g/mol. The highest BCUT2D eigenvalue weighted by Gasteiger charge is 2.14. The first-order valence-corrected chi connectivity index (χ1v) is 5.78. The van der Waals surface area contributed by atoms with E-state index < -0.39 is 11.6 Å². The summed E-state index contributed by atoms with van der Waals surface area (Å²) in [6.45, 7) is 4.50. The van der Waals surface area contributed by atoms with Crippen LogP contribution in [0.1, 0.15) is 19.7 Å². The van der Waals surface area contributed by atoms with E-state index in [1.165, 1.54) is 6.07 Å².